The lowest BCUT2D eigenvalue weighted by Crippen LogP contribution is -2.18. The van der Waals surface area contributed by atoms with Crippen LogP contribution < -0.4 is 10.2 Å². The number of carbonyl (C=O) groups is 1. The largest absolute Gasteiger partial charge is 0.508 e. The van der Waals surface area contributed by atoms with Gasteiger partial charge in [0, 0.05) is 12.1 Å². The number of nitrogens with zero attached hydrogens (tertiary/aromatic N) is 2. The predicted molar refractivity (Wildman–Crippen MR) is 82.8 cm³/mol. The van der Waals surface area contributed by atoms with Crippen molar-refractivity contribution >= 4 is 17.8 Å². The third kappa shape index (κ3) is 4.03. The number of phenolic OH excluding ortho intramolecular Hbond substituents is 1. The first-order valence-electron chi connectivity index (χ1n) is 6.46. The summed E-state index contributed by atoms with van der Waals surface area (Å²) in [6.45, 7) is 0. The molecule has 0 atom stereocenters. The number of nitrogens with one attached hydrogen (secondary N) is 1. The first-order valence-corrected chi connectivity index (χ1v) is 6.46. The molecule has 8 nitrogen and oxygen atoms in total. The lowest BCUT2D eigenvalue weighted by atomic mass is 10.1. The average molecular weight is 315 g/mol. The van der Waals surface area contributed by atoms with Crippen molar-refractivity contribution in [3.63, 3.8) is 0 Å². The van der Waals surface area contributed by atoms with Crippen molar-refractivity contribution in [1.82, 2.24) is 5.43 Å². The van der Waals surface area contributed by atoms with Crippen LogP contribution in [-0.2, 0) is 0 Å². The number of hydrogen-bond donors (Lipinski definition) is 2. The SMILES string of the molecule is COc1ccc([N+](=O)[O-])cc1C(=O)N/N=C\c1cccc(O)c1. The Morgan fingerprint density at radius 3 is 2.78 bits per heavy atom. The molecule has 0 saturated heterocycles. The zero-order valence-electron chi connectivity index (χ0n) is 12.1. The highest BCUT2D eigenvalue weighted by molar-refractivity contribution is 5.98. The normalized spacial score (nSPS) is 10.5. The number of ether oxygens (including phenoxy) is 1. The zero-order chi connectivity index (χ0) is 16.8. The maximum Gasteiger partial charge on any atom is 0.275 e. The van der Waals surface area contributed by atoms with E-state index in [9.17, 15) is 20.0 Å². The van der Waals surface area contributed by atoms with E-state index in [1.54, 1.807) is 12.1 Å². The first-order chi connectivity index (χ1) is 11.0. The summed E-state index contributed by atoms with van der Waals surface area (Å²) in [7, 11) is 1.36. The number of amides is 1. The topological polar surface area (TPSA) is 114 Å². The Labute approximate surface area is 131 Å². The summed E-state index contributed by atoms with van der Waals surface area (Å²) in [5, 5.41) is 23.9. The molecular weight excluding hydrogens is 302 g/mol. The monoisotopic (exact) mass is 315 g/mol. The highest BCUT2D eigenvalue weighted by atomic mass is 16.6. The van der Waals surface area contributed by atoms with Gasteiger partial charge < -0.3 is 9.84 Å². The highest BCUT2D eigenvalue weighted by Crippen LogP contribution is 2.23. The Hall–Kier alpha value is -3.42. The number of phenols is 1. The van der Waals surface area contributed by atoms with Gasteiger partial charge in [-0.25, -0.2) is 5.43 Å². The molecule has 118 valence electrons. The zero-order valence-corrected chi connectivity index (χ0v) is 12.1. The van der Waals surface area contributed by atoms with Gasteiger partial charge in [-0.1, -0.05) is 12.1 Å². The maximum atomic E-state index is 12.1. The number of hydrogen-bond acceptors (Lipinski definition) is 6. The molecular formula is C15H13N3O5. The van der Waals surface area contributed by atoms with Crippen LogP contribution in [0.15, 0.2) is 47.6 Å². The van der Waals surface area contributed by atoms with Gasteiger partial charge in [0.2, 0.25) is 0 Å². The molecule has 0 bridgehead atoms. The van der Waals surface area contributed by atoms with E-state index in [0.29, 0.717) is 5.56 Å². The molecule has 8 heteroatoms. The number of nitro benzene ring substituents is 1. The number of non-ortho nitro benzene ring substituents is 1. The second-order valence-corrected chi connectivity index (χ2v) is 4.44. The standard InChI is InChI=1S/C15H13N3O5/c1-23-14-6-5-11(18(21)22)8-13(14)15(20)17-16-9-10-3-2-4-12(19)7-10/h2-9,19H,1H3,(H,17,20)/b16-9-. The van der Waals surface area contributed by atoms with Gasteiger partial charge in [-0.15, -0.1) is 0 Å². The van der Waals surface area contributed by atoms with Gasteiger partial charge in [-0.2, -0.15) is 5.10 Å². The van der Waals surface area contributed by atoms with Crippen molar-refractivity contribution in [2.75, 3.05) is 7.11 Å². The van der Waals surface area contributed by atoms with Crippen LogP contribution in [0.3, 0.4) is 0 Å². The summed E-state index contributed by atoms with van der Waals surface area (Å²) in [5.41, 5.74) is 2.60. The number of nitro groups is 1. The van der Waals surface area contributed by atoms with Crippen LogP contribution in [0.1, 0.15) is 15.9 Å². The minimum Gasteiger partial charge on any atom is -0.508 e. The van der Waals surface area contributed by atoms with Crippen molar-refractivity contribution in [3.05, 3.63) is 63.7 Å². The summed E-state index contributed by atoms with van der Waals surface area (Å²) < 4.78 is 5.01. The molecule has 0 aliphatic carbocycles. The number of rotatable bonds is 5. The van der Waals surface area contributed by atoms with E-state index in [1.807, 2.05) is 0 Å². The number of aromatic hydroxyl groups is 1. The predicted octanol–water partition coefficient (Wildman–Crippen LogP) is 2.07. The van der Waals surface area contributed by atoms with Gasteiger partial charge in [0.1, 0.15) is 11.5 Å². The minimum absolute atomic E-state index is 0.00485. The molecule has 0 fully saturated rings. The fraction of sp³-hybridized carbons (Fsp3) is 0.0667. The van der Waals surface area contributed by atoms with Crippen molar-refractivity contribution in [1.29, 1.82) is 0 Å². The summed E-state index contributed by atoms with van der Waals surface area (Å²) >= 11 is 0. The highest BCUT2D eigenvalue weighted by Gasteiger charge is 2.17. The Morgan fingerprint density at radius 2 is 2.13 bits per heavy atom. The molecule has 0 unspecified atom stereocenters. The Balaban J connectivity index is 2.17. The summed E-state index contributed by atoms with van der Waals surface area (Å²) in [6, 6.07) is 9.97. The van der Waals surface area contributed by atoms with Crippen molar-refractivity contribution in [3.8, 4) is 11.5 Å². The van der Waals surface area contributed by atoms with Crippen molar-refractivity contribution in [2.24, 2.45) is 5.10 Å². The van der Waals surface area contributed by atoms with Crippen LogP contribution in [0, 0.1) is 10.1 Å². The van der Waals surface area contributed by atoms with Crippen LogP contribution in [0.2, 0.25) is 0 Å². The average Bonchev–Trinajstić information content (AvgIpc) is 2.54. The van der Waals surface area contributed by atoms with Gasteiger partial charge in [0.25, 0.3) is 11.6 Å². The van der Waals surface area contributed by atoms with Crippen LogP contribution in [0.4, 0.5) is 5.69 Å². The van der Waals surface area contributed by atoms with Gasteiger partial charge in [-0.05, 0) is 23.8 Å². The fourth-order valence-electron chi connectivity index (χ4n) is 1.82. The molecule has 0 heterocycles. The number of benzene rings is 2. The molecule has 0 aromatic heterocycles. The molecule has 0 saturated carbocycles. The van der Waals surface area contributed by atoms with Crippen molar-refractivity contribution < 1.29 is 19.6 Å². The minimum atomic E-state index is -0.651. The molecule has 1 amide bonds. The van der Waals surface area contributed by atoms with Crippen LogP contribution in [0.25, 0.3) is 0 Å². The van der Waals surface area contributed by atoms with Gasteiger partial charge in [0.05, 0.1) is 23.8 Å². The smallest absolute Gasteiger partial charge is 0.275 e. The van der Waals surface area contributed by atoms with Crippen molar-refractivity contribution in [2.45, 2.75) is 0 Å². The van der Waals surface area contributed by atoms with E-state index in [1.165, 1.54) is 37.6 Å². The van der Waals surface area contributed by atoms with E-state index in [-0.39, 0.29) is 22.7 Å². The fourth-order valence-corrected chi connectivity index (χ4v) is 1.82. The first kappa shape index (κ1) is 16.0. The van der Waals surface area contributed by atoms with Gasteiger partial charge in [0.15, 0.2) is 0 Å². The van der Waals surface area contributed by atoms with Gasteiger partial charge >= 0.3 is 0 Å². The third-order valence-electron chi connectivity index (χ3n) is 2.89. The third-order valence-corrected chi connectivity index (χ3v) is 2.89. The van der Waals surface area contributed by atoms with Crippen LogP contribution in [-0.4, -0.2) is 29.3 Å². The molecule has 2 N–H and O–H groups in total. The maximum absolute atomic E-state index is 12.1. The van der Waals surface area contributed by atoms with E-state index in [2.05, 4.69) is 10.5 Å². The van der Waals surface area contributed by atoms with E-state index < -0.39 is 10.8 Å². The second kappa shape index (κ2) is 7.03. The molecule has 2 aromatic carbocycles. The molecule has 23 heavy (non-hydrogen) atoms. The number of hydrazone groups is 1. The van der Waals surface area contributed by atoms with E-state index in [0.717, 1.165) is 6.07 Å². The van der Waals surface area contributed by atoms with E-state index in [4.69, 9.17) is 4.74 Å². The summed E-state index contributed by atoms with van der Waals surface area (Å²) in [5.74, 6) is -0.386. The Bertz CT molecular complexity index is 773. The Kier molecular flexibility index (Phi) is 4.88. The summed E-state index contributed by atoms with van der Waals surface area (Å²) in [4.78, 5) is 22.3. The molecule has 2 aromatic rings. The summed E-state index contributed by atoms with van der Waals surface area (Å²) in [6.07, 6.45) is 1.33. The lowest BCUT2D eigenvalue weighted by molar-refractivity contribution is -0.384. The molecule has 0 aliphatic rings. The Morgan fingerprint density at radius 1 is 1.35 bits per heavy atom. The molecule has 2 rings (SSSR count). The quantitative estimate of drug-likeness (QED) is 0.498. The van der Waals surface area contributed by atoms with Crippen LogP contribution >= 0.6 is 0 Å². The van der Waals surface area contributed by atoms with E-state index >= 15 is 0 Å². The second-order valence-electron chi connectivity index (χ2n) is 4.44. The molecule has 0 radical (unpaired) electrons. The number of carbonyl (C=O) groups excluding carboxylic acids is 1. The number of methoxy groups -OCH3 is 1. The molecule has 0 aliphatic heterocycles. The van der Waals surface area contributed by atoms with Crippen LogP contribution in [0.5, 0.6) is 11.5 Å². The molecule has 0 spiro atoms. The lowest BCUT2D eigenvalue weighted by Gasteiger charge is -2.06. The van der Waals surface area contributed by atoms with Gasteiger partial charge in [-0.3, -0.25) is 14.9 Å².